The zero-order chi connectivity index (χ0) is 10.4. The molecule has 0 fully saturated rings. The predicted molar refractivity (Wildman–Crippen MR) is 63.4 cm³/mol. The molecule has 1 unspecified atom stereocenters. The third kappa shape index (κ3) is 3.30. The Labute approximate surface area is 88.3 Å². The molecular formula is C13H23N. The predicted octanol–water partition coefficient (Wildman–Crippen LogP) is 3.29. The largest absolute Gasteiger partial charge is 0.313 e. The number of hydrogen-bond donors (Lipinski definition) is 1. The van der Waals surface area contributed by atoms with E-state index in [1.165, 1.54) is 12.8 Å². The summed E-state index contributed by atoms with van der Waals surface area (Å²) in [7, 11) is 0. The van der Waals surface area contributed by atoms with Crippen molar-refractivity contribution in [2.75, 3.05) is 6.54 Å². The maximum atomic E-state index is 3.64. The summed E-state index contributed by atoms with van der Waals surface area (Å²) >= 11 is 0. The summed E-state index contributed by atoms with van der Waals surface area (Å²) < 4.78 is 0. The average molecular weight is 193 g/mol. The first-order chi connectivity index (χ1) is 6.70. The van der Waals surface area contributed by atoms with Gasteiger partial charge in [0.1, 0.15) is 0 Å². The molecule has 0 saturated carbocycles. The maximum absolute atomic E-state index is 3.64. The van der Waals surface area contributed by atoms with E-state index < -0.39 is 0 Å². The van der Waals surface area contributed by atoms with E-state index in [2.05, 4.69) is 50.4 Å². The zero-order valence-electron chi connectivity index (χ0n) is 9.72. The average Bonchev–Trinajstić information content (AvgIpc) is 2.20. The van der Waals surface area contributed by atoms with Gasteiger partial charge in [-0.25, -0.2) is 0 Å². The molecule has 0 heterocycles. The molecule has 0 amide bonds. The van der Waals surface area contributed by atoms with Crippen molar-refractivity contribution in [3.8, 4) is 0 Å². The van der Waals surface area contributed by atoms with E-state index in [1.54, 1.807) is 0 Å². The molecule has 14 heavy (non-hydrogen) atoms. The molecule has 0 aliphatic heterocycles. The Morgan fingerprint density at radius 2 is 2.00 bits per heavy atom. The van der Waals surface area contributed by atoms with Crippen molar-refractivity contribution in [2.24, 2.45) is 5.41 Å². The SMILES string of the molecule is CCC(CC)NCC1(C)C=CC=CC1. The second kappa shape index (κ2) is 5.35. The molecule has 1 nitrogen and oxygen atoms in total. The van der Waals surface area contributed by atoms with Crippen molar-refractivity contribution in [3.05, 3.63) is 24.3 Å². The summed E-state index contributed by atoms with van der Waals surface area (Å²) in [6.07, 6.45) is 12.5. The van der Waals surface area contributed by atoms with Gasteiger partial charge in [0.25, 0.3) is 0 Å². The van der Waals surface area contributed by atoms with Crippen LogP contribution in [-0.4, -0.2) is 12.6 Å². The smallest absolute Gasteiger partial charge is 0.00621 e. The Kier molecular flexibility index (Phi) is 4.40. The topological polar surface area (TPSA) is 12.0 Å². The molecule has 0 bridgehead atoms. The van der Waals surface area contributed by atoms with Crippen LogP contribution in [0.2, 0.25) is 0 Å². The van der Waals surface area contributed by atoms with Crippen LogP contribution in [0.5, 0.6) is 0 Å². The molecule has 1 aliphatic carbocycles. The summed E-state index contributed by atoms with van der Waals surface area (Å²) in [6, 6.07) is 0.686. The lowest BCUT2D eigenvalue weighted by molar-refractivity contribution is 0.353. The van der Waals surface area contributed by atoms with Crippen LogP contribution in [-0.2, 0) is 0 Å². The number of rotatable bonds is 5. The van der Waals surface area contributed by atoms with Crippen LogP contribution in [0.15, 0.2) is 24.3 Å². The maximum Gasteiger partial charge on any atom is 0.00621 e. The second-order valence-corrected chi connectivity index (χ2v) is 4.54. The van der Waals surface area contributed by atoms with Gasteiger partial charge in [0.15, 0.2) is 0 Å². The van der Waals surface area contributed by atoms with Crippen LogP contribution in [0.1, 0.15) is 40.0 Å². The van der Waals surface area contributed by atoms with Crippen LogP contribution in [0, 0.1) is 5.41 Å². The summed E-state index contributed by atoms with van der Waals surface area (Å²) in [6.45, 7) is 7.92. The van der Waals surface area contributed by atoms with E-state index in [0.717, 1.165) is 13.0 Å². The third-order valence-electron chi connectivity index (χ3n) is 3.11. The molecule has 1 heteroatoms. The van der Waals surface area contributed by atoms with E-state index in [1.807, 2.05) is 0 Å². The first-order valence-corrected chi connectivity index (χ1v) is 5.78. The molecule has 1 atom stereocenters. The van der Waals surface area contributed by atoms with E-state index in [0.29, 0.717) is 11.5 Å². The number of hydrogen-bond acceptors (Lipinski definition) is 1. The van der Waals surface area contributed by atoms with Crippen molar-refractivity contribution in [3.63, 3.8) is 0 Å². The van der Waals surface area contributed by atoms with Gasteiger partial charge in [0, 0.05) is 18.0 Å². The first-order valence-electron chi connectivity index (χ1n) is 5.78. The minimum atomic E-state index is 0.331. The Hall–Kier alpha value is -0.560. The monoisotopic (exact) mass is 193 g/mol. The van der Waals surface area contributed by atoms with Gasteiger partial charge in [-0.2, -0.15) is 0 Å². The van der Waals surface area contributed by atoms with Crippen LogP contribution >= 0.6 is 0 Å². The van der Waals surface area contributed by atoms with E-state index >= 15 is 0 Å². The summed E-state index contributed by atoms with van der Waals surface area (Å²) in [5, 5.41) is 3.64. The number of nitrogens with one attached hydrogen (secondary N) is 1. The van der Waals surface area contributed by atoms with Crippen molar-refractivity contribution in [1.82, 2.24) is 5.32 Å². The van der Waals surface area contributed by atoms with Crippen molar-refractivity contribution >= 4 is 0 Å². The van der Waals surface area contributed by atoms with Crippen LogP contribution in [0.4, 0.5) is 0 Å². The Bertz CT molecular complexity index is 213. The molecule has 0 spiro atoms. The fraction of sp³-hybridized carbons (Fsp3) is 0.692. The fourth-order valence-corrected chi connectivity index (χ4v) is 1.86. The van der Waals surface area contributed by atoms with E-state index in [-0.39, 0.29) is 0 Å². The van der Waals surface area contributed by atoms with Gasteiger partial charge in [0.05, 0.1) is 0 Å². The molecule has 0 aromatic rings. The lowest BCUT2D eigenvalue weighted by Crippen LogP contribution is -2.37. The van der Waals surface area contributed by atoms with E-state index in [9.17, 15) is 0 Å². The molecule has 0 radical (unpaired) electrons. The van der Waals surface area contributed by atoms with Gasteiger partial charge in [-0.15, -0.1) is 0 Å². The molecular weight excluding hydrogens is 170 g/mol. The minimum Gasteiger partial charge on any atom is -0.313 e. The normalized spacial score (nSPS) is 26.0. The Balaban J connectivity index is 2.36. The van der Waals surface area contributed by atoms with Crippen LogP contribution in [0.3, 0.4) is 0 Å². The van der Waals surface area contributed by atoms with Crippen molar-refractivity contribution in [2.45, 2.75) is 46.1 Å². The number of allylic oxidation sites excluding steroid dienone is 3. The molecule has 0 aromatic heterocycles. The standard InChI is InChI=1S/C13H23N/c1-4-12(5-2)14-11-13(3)9-7-6-8-10-13/h6-9,12,14H,4-5,10-11H2,1-3H3. The molecule has 1 N–H and O–H groups in total. The molecule has 0 aromatic carbocycles. The zero-order valence-corrected chi connectivity index (χ0v) is 9.72. The lowest BCUT2D eigenvalue weighted by Gasteiger charge is -2.29. The highest BCUT2D eigenvalue weighted by atomic mass is 14.9. The summed E-state index contributed by atoms with van der Waals surface area (Å²) in [4.78, 5) is 0. The Morgan fingerprint density at radius 3 is 2.50 bits per heavy atom. The van der Waals surface area contributed by atoms with Gasteiger partial charge >= 0.3 is 0 Å². The highest BCUT2D eigenvalue weighted by Gasteiger charge is 2.21. The van der Waals surface area contributed by atoms with Gasteiger partial charge in [-0.1, -0.05) is 45.1 Å². The van der Waals surface area contributed by atoms with Crippen LogP contribution < -0.4 is 5.32 Å². The molecule has 1 aliphatic rings. The summed E-state index contributed by atoms with van der Waals surface area (Å²) in [5.41, 5.74) is 0.331. The molecule has 0 saturated heterocycles. The van der Waals surface area contributed by atoms with Gasteiger partial charge < -0.3 is 5.32 Å². The fourth-order valence-electron chi connectivity index (χ4n) is 1.86. The summed E-state index contributed by atoms with van der Waals surface area (Å²) in [5.74, 6) is 0. The van der Waals surface area contributed by atoms with E-state index in [4.69, 9.17) is 0 Å². The first kappa shape index (κ1) is 11.5. The molecule has 1 rings (SSSR count). The molecule has 80 valence electrons. The van der Waals surface area contributed by atoms with Gasteiger partial charge in [-0.3, -0.25) is 0 Å². The lowest BCUT2D eigenvalue weighted by atomic mass is 9.83. The highest BCUT2D eigenvalue weighted by Crippen LogP contribution is 2.26. The van der Waals surface area contributed by atoms with Crippen molar-refractivity contribution in [1.29, 1.82) is 0 Å². The van der Waals surface area contributed by atoms with Crippen LogP contribution in [0.25, 0.3) is 0 Å². The van der Waals surface area contributed by atoms with Crippen molar-refractivity contribution < 1.29 is 0 Å². The third-order valence-corrected chi connectivity index (χ3v) is 3.11. The van der Waals surface area contributed by atoms with Gasteiger partial charge in [0.2, 0.25) is 0 Å². The Morgan fingerprint density at radius 1 is 1.29 bits per heavy atom. The second-order valence-electron chi connectivity index (χ2n) is 4.54. The minimum absolute atomic E-state index is 0.331. The van der Waals surface area contributed by atoms with Gasteiger partial charge in [-0.05, 0) is 19.3 Å². The highest BCUT2D eigenvalue weighted by molar-refractivity contribution is 5.16. The quantitative estimate of drug-likeness (QED) is 0.706.